The number of hydrogen-bond acceptors (Lipinski definition) is 5. The number of amides is 1. The van der Waals surface area contributed by atoms with E-state index in [1.165, 1.54) is 27.2 Å². The Morgan fingerprint density at radius 1 is 1.05 bits per heavy atom. The van der Waals surface area contributed by atoms with E-state index in [2.05, 4.69) is 47.8 Å². The van der Waals surface area contributed by atoms with E-state index in [0.717, 1.165) is 18.6 Å². The fraction of sp³-hybridized carbons (Fsp3) is 0.300. The van der Waals surface area contributed by atoms with Gasteiger partial charge >= 0.3 is 7.12 Å². The van der Waals surface area contributed by atoms with Crippen LogP contribution in [0.15, 0.2) is 84.9 Å². The molecule has 0 saturated carbocycles. The monoisotopic (exact) mass is 498 g/mol. The first kappa shape index (κ1) is 26.7. The molecular formula is C30H35BN2O4. The van der Waals surface area contributed by atoms with Crippen molar-refractivity contribution in [3.63, 3.8) is 0 Å². The number of nitrogens with zero attached hydrogens (tertiary/aromatic N) is 1. The van der Waals surface area contributed by atoms with Gasteiger partial charge in [0, 0.05) is 39.2 Å². The van der Waals surface area contributed by atoms with Crippen LogP contribution < -0.4 is 15.5 Å². The van der Waals surface area contributed by atoms with Crippen LogP contribution in [-0.4, -0.2) is 61.8 Å². The first-order valence-corrected chi connectivity index (χ1v) is 12.8. The van der Waals surface area contributed by atoms with Crippen LogP contribution in [0.2, 0.25) is 0 Å². The molecule has 6 nitrogen and oxygen atoms in total. The molecule has 37 heavy (non-hydrogen) atoms. The van der Waals surface area contributed by atoms with E-state index >= 15 is 0 Å². The third kappa shape index (κ3) is 6.89. The van der Waals surface area contributed by atoms with Crippen LogP contribution in [0.3, 0.4) is 0 Å². The Morgan fingerprint density at radius 2 is 1.81 bits per heavy atom. The van der Waals surface area contributed by atoms with Crippen LogP contribution in [0.25, 0.3) is 0 Å². The zero-order valence-corrected chi connectivity index (χ0v) is 21.5. The predicted octanol–water partition coefficient (Wildman–Crippen LogP) is 2.84. The van der Waals surface area contributed by atoms with Gasteiger partial charge in [-0.05, 0) is 58.6 Å². The molecule has 3 aromatic carbocycles. The summed E-state index contributed by atoms with van der Waals surface area (Å²) < 4.78 is 5.92. The summed E-state index contributed by atoms with van der Waals surface area (Å²) in [7, 11) is 2.00. The van der Waals surface area contributed by atoms with Crippen molar-refractivity contribution in [2.75, 3.05) is 33.8 Å². The average molecular weight is 498 g/mol. The number of aryl methyl sites for hydroxylation is 1. The van der Waals surface area contributed by atoms with E-state index in [-0.39, 0.29) is 11.8 Å². The van der Waals surface area contributed by atoms with Crippen molar-refractivity contribution >= 4 is 18.5 Å². The van der Waals surface area contributed by atoms with E-state index < -0.39 is 7.12 Å². The zero-order chi connectivity index (χ0) is 26.2. The molecule has 1 aliphatic carbocycles. The molecule has 7 heteroatoms. The third-order valence-electron chi connectivity index (χ3n) is 6.91. The SMILES string of the molecule is CN(C)C(=O)/C=C/CNCCOc1ccc([C@@H]2c3ccc(B(O)O)cc3CC[C@@H]2c2ccccc2)cc1. The van der Waals surface area contributed by atoms with Gasteiger partial charge in [0.1, 0.15) is 12.4 Å². The molecule has 1 aliphatic rings. The fourth-order valence-electron chi connectivity index (χ4n) is 4.98. The highest BCUT2D eigenvalue weighted by Gasteiger charge is 2.32. The van der Waals surface area contributed by atoms with Crippen LogP contribution >= 0.6 is 0 Å². The molecule has 4 rings (SSSR count). The molecule has 3 aromatic rings. The zero-order valence-electron chi connectivity index (χ0n) is 21.5. The maximum atomic E-state index is 11.5. The lowest BCUT2D eigenvalue weighted by Gasteiger charge is -2.35. The predicted molar refractivity (Wildman–Crippen MR) is 148 cm³/mol. The van der Waals surface area contributed by atoms with Crippen LogP contribution in [0, 0.1) is 0 Å². The quantitative estimate of drug-likeness (QED) is 0.228. The molecule has 1 amide bonds. The average Bonchev–Trinajstić information content (AvgIpc) is 2.92. The van der Waals surface area contributed by atoms with Crippen LogP contribution in [-0.2, 0) is 11.2 Å². The van der Waals surface area contributed by atoms with Gasteiger partial charge < -0.3 is 25.0 Å². The largest absolute Gasteiger partial charge is 0.492 e. The van der Waals surface area contributed by atoms with Gasteiger partial charge in [0.25, 0.3) is 0 Å². The van der Waals surface area contributed by atoms with Gasteiger partial charge in [0.05, 0.1) is 0 Å². The molecule has 0 aliphatic heterocycles. The molecule has 0 radical (unpaired) electrons. The fourth-order valence-corrected chi connectivity index (χ4v) is 4.98. The standard InChI is InChI=1S/C30H35BN2O4/c1-33(2)29(34)9-6-18-32-19-20-37-26-14-10-23(11-15-26)30-27(22-7-4-3-5-8-22)16-12-24-21-25(31(35)36)13-17-28(24)30/h3-11,13-15,17,21,27,30,32,35-36H,12,16,18-20H2,1-2H3/b9-6+/t27-,30+/m1/s1. The van der Waals surface area contributed by atoms with Gasteiger partial charge in [-0.2, -0.15) is 0 Å². The molecule has 0 saturated heterocycles. The van der Waals surface area contributed by atoms with Gasteiger partial charge in [-0.15, -0.1) is 0 Å². The Morgan fingerprint density at radius 3 is 2.51 bits per heavy atom. The first-order valence-electron chi connectivity index (χ1n) is 12.8. The highest BCUT2D eigenvalue weighted by atomic mass is 16.5. The molecule has 0 heterocycles. The van der Waals surface area contributed by atoms with Crippen LogP contribution in [0.4, 0.5) is 0 Å². The molecule has 0 bridgehead atoms. The molecule has 3 N–H and O–H groups in total. The number of fused-ring (bicyclic) bond motifs is 1. The minimum Gasteiger partial charge on any atom is -0.492 e. The lowest BCUT2D eigenvalue weighted by molar-refractivity contribution is -0.123. The molecule has 192 valence electrons. The Hall–Kier alpha value is -3.39. The summed E-state index contributed by atoms with van der Waals surface area (Å²) in [6.45, 7) is 1.81. The first-order chi connectivity index (χ1) is 17.9. The topological polar surface area (TPSA) is 82.0 Å². The van der Waals surface area contributed by atoms with Gasteiger partial charge in [-0.1, -0.05) is 66.7 Å². The third-order valence-corrected chi connectivity index (χ3v) is 6.91. The van der Waals surface area contributed by atoms with Gasteiger partial charge in [0.15, 0.2) is 0 Å². The Balaban J connectivity index is 1.44. The molecule has 2 atom stereocenters. The summed E-state index contributed by atoms with van der Waals surface area (Å²) in [6, 6.07) is 24.8. The number of nitrogens with one attached hydrogen (secondary N) is 1. The van der Waals surface area contributed by atoms with Crippen molar-refractivity contribution in [3.8, 4) is 5.75 Å². The van der Waals surface area contributed by atoms with Crippen LogP contribution in [0.5, 0.6) is 5.75 Å². The highest BCUT2D eigenvalue weighted by molar-refractivity contribution is 6.58. The minimum absolute atomic E-state index is 0.0281. The van der Waals surface area contributed by atoms with E-state index in [0.29, 0.717) is 31.1 Å². The lowest BCUT2D eigenvalue weighted by Crippen LogP contribution is -2.31. The van der Waals surface area contributed by atoms with Crippen molar-refractivity contribution < 1.29 is 19.6 Å². The number of hydrogen-bond donors (Lipinski definition) is 3. The van der Waals surface area contributed by atoms with E-state index in [4.69, 9.17) is 4.74 Å². The second-order valence-corrected chi connectivity index (χ2v) is 9.62. The van der Waals surface area contributed by atoms with Gasteiger partial charge in [-0.25, -0.2) is 0 Å². The van der Waals surface area contributed by atoms with E-state index in [9.17, 15) is 14.8 Å². The maximum absolute atomic E-state index is 11.5. The highest BCUT2D eigenvalue weighted by Crippen LogP contribution is 2.46. The van der Waals surface area contributed by atoms with Crippen molar-refractivity contribution in [3.05, 3.63) is 107 Å². The number of rotatable bonds is 10. The molecule has 0 spiro atoms. The smallest absolute Gasteiger partial charge is 0.488 e. The van der Waals surface area contributed by atoms with Crippen molar-refractivity contribution in [1.82, 2.24) is 10.2 Å². The number of benzene rings is 3. The molecular weight excluding hydrogens is 463 g/mol. The second kappa shape index (κ2) is 12.7. The van der Waals surface area contributed by atoms with Crippen molar-refractivity contribution in [1.29, 1.82) is 0 Å². The number of carbonyl (C=O) groups excluding carboxylic acids is 1. The van der Waals surface area contributed by atoms with Gasteiger partial charge in [-0.3, -0.25) is 4.79 Å². The van der Waals surface area contributed by atoms with Gasteiger partial charge in [0.2, 0.25) is 5.91 Å². The number of ether oxygens (including phenoxy) is 1. The lowest BCUT2D eigenvalue weighted by atomic mass is 9.67. The Kier molecular flexibility index (Phi) is 9.17. The summed E-state index contributed by atoms with van der Waals surface area (Å²) in [4.78, 5) is 13.1. The molecule has 0 unspecified atom stereocenters. The van der Waals surface area contributed by atoms with Crippen LogP contribution in [0.1, 0.15) is 40.5 Å². The maximum Gasteiger partial charge on any atom is 0.488 e. The number of likely N-dealkylation sites (N-methyl/N-ethyl adjacent to an activating group) is 1. The Bertz CT molecular complexity index is 1200. The number of carbonyl (C=O) groups is 1. The molecule has 0 aromatic heterocycles. The van der Waals surface area contributed by atoms with E-state index in [1.54, 1.807) is 20.2 Å². The minimum atomic E-state index is -1.46. The second-order valence-electron chi connectivity index (χ2n) is 9.62. The van der Waals surface area contributed by atoms with E-state index in [1.807, 2.05) is 36.4 Å². The molecule has 0 fully saturated rings. The van der Waals surface area contributed by atoms with Crippen molar-refractivity contribution in [2.45, 2.75) is 24.7 Å². The normalized spacial score (nSPS) is 16.9. The summed E-state index contributed by atoms with van der Waals surface area (Å²) >= 11 is 0. The summed E-state index contributed by atoms with van der Waals surface area (Å²) in [5.74, 6) is 1.29. The van der Waals surface area contributed by atoms with Crippen molar-refractivity contribution in [2.24, 2.45) is 0 Å². The summed E-state index contributed by atoms with van der Waals surface area (Å²) in [5, 5.41) is 22.6. The Labute approximate surface area is 219 Å². The summed E-state index contributed by atoms with van der Waals surface area (Å²) in [6.07, 6.45) is 5.27. The summed E-state index contributed by atoms with van der Waals surface area (Å²) in [5.41, 5.74) is 5.48.